The van der Waals surface area contributed by atoms with Crippen molar-refractivity contribution in [2.75, 3.05) is 5.32 Å². The van der Waals surface area contributed by atoms with Gasteiger partial charge in [0, 0.05) is 42.1 Å². The quantitative estimate of drug-likeness (QED) is 0.266. The van der Waals surface area contributed by atoms with Crippen molar-refractivity contribution in [2.45, 2.75) is 39.3 Å². The average Bonchev–Trinajstić information content (AvgIpc) is 3.38. The third-order valence-electron chi connectivity index (χ3n) is 6.86. The lowest BCUT2D eigenvalue weighted by Gasteiger charge is -2.32. The molecule has 9 nitrogen and oxygen atoms in total. The topological polar surface area (TPSA) is 126 Å². The molecule has 6 aromatic rings. The van der Waals surface area contributed by atoms with Crippen molar-refractivity contribution in [2.24, 2.45) is 5.41 Å². The zero-order valence-corrected chi connectivity index (χ0v) is 21.9. The van der Waals surface area contributed by atoms with Crippen LogP contribution in [0.3, 0.4) is 0 Å². The van der Waals surface area contributed by atoms with Gasteiger partial charge in [0.2, 0.25) is 11.8 Å². The summed E-state index contributed by atoms with van der Waals surface area (Å²) in [7, 11) is 0. The zero-order valence-electron chi connectivity index (χ0n) is 21.9. The van der Waals surface area contributed by atoms with E-state index in [1.807, 2.05) is 57.2 Å². The van der Waals surface area contributed by atoms with Crippen LogP contribution in [0.15, 0.2) is 79.5 Å². The normalized spacial score (nSPS) is 13.3. The summed E-state index contributed by atoms with van der Waals surface area (Å²) in [4.78, 5) is 46.9. The van der Waals surface area contributed by atoms with E-state index in [-0.39, 0.29) is 0 Å². The highest BCUT2D eigenvalue weighted by atomic mass is 16.4. The Hall–Kier alpha value is -4.79. The summed E-state index contributed by atoms with van der Waals surface area (Å²) in [5, 5.41) is 18.2. The second-order valence-electron chi connectivity index (χ2n) is 10.6. The van der Waals surface area contributed by atoms with Crippen LogP contribution in [0, 0.1) is 5.41 Å². The maximum Gasteiger partial charge on any atom is 0.306 e. The number of aliphatic carboxylic acids is 1. The van der Waals surface area contributed by atoms with Crippen molar-refractivity contribution in [1.82, 2.24) is 19.9 Å². The molecule has 6 rings (SSSR count). The van der Waals surface area contributed by atoms with Crippen LogP contribution in [0.4, 0.5) is 5.69 Å². The Kier molecular flexibility index (Phi) is 6.74. The van der Waals surface area contributed by atoms with E-state index in [9.17, 15) is 19.5 Å². The van der Waals surface area contributed by atoms with Gasteiger partial charge >= 0.3 is 5.97 Å². The maximum absolute atomic E-state index is 13.7. The van der Waals surface area contributed by atoms with Crippen LogP contribution >= 0.6 is 0 Å². The highest BCUT2D eigenvalue weighted by Crippen LogP contribution is 2.39. The van der Waals surface area contributed by atoms with E-state index in [4.69, 9.17) is 0 Å². The monoisotopic (exact) mass is 523 g/mol. The van der Waals surface area contributed by atoms with Gasteiger partial charge in [-0.2, -0.15) is 0 Å². The molecule has 2 unspecified atom stereocenters. The third-order valence-corrected chi connectivity index (χ3v) is 6.86. The molecule has 2 atom stereocenters. The number of pyridine rings is 2. The minimum absolute atomic E-state index is 0.400. The van der Waals surface area contributed by atoms with Gasteiger partial charge in [0.05, 0.1) is 11.9 Å². The molecule has 2 bridgehead atoms. The molecule has 0 saturated carbocycles. The molecular formula is C30H29N5O4. The molecule has 3 heterocycles. The summed E-state index contributed by atoms with van der Waals surface area (Å²) in [6.45, 7) is 5.53. The van der Waals surface area contributed by atoms with Crippen molar-refractivity contribution in [3.8, 4) is 11.1 Å². The SMILES string of the molecule is CC(C)(C)C(NC(=O)C(CC(=O)O)n1ccc2c3ccc(cc3-c3ccncc3)c21)C(=O)Nc1ccncc1. The Morgan fingerprint density at radius 1 is 0.897 bits per heavy atom. The average molecular weight is 524 g/mol. The van der Waals surface area contributed by atoms with Crippen molar-refractivity contribution in [3.05, 3.63) is 79.5 Å². The fraction of sp³-hybridized carbons (Fsp3) is 0.233. The van der Waals surface area contributed by atoms with Crippen molar-refractivity contribution >= 4 is 45.1 Å². The van der Waals surface area contributed by atoms with Gasteiger partial charge in [0.25, 0.3) is 0 Å². The number of fused-ring (bicyclic) bond motifs is 2. The van der Waals surface area contributed by atoms with E-state index < -0.39 is 41.7 Å². The molecule has 9 heteroatoms. The number of carboxylic acid groups (broad SMARTS) is 1. The Morgan fingerprint density at radius 3 is 2.21 bits per heavy atom. The van der Waals surface area contributed by atoms with E-state index in [2.05, 4.69) is 20.6 Å². The van der Waals surface area contributed by atoms with E-state index in [1.165, 1.54) is 0 Å². The summed E-state index contributed by atoms with van der Waals surface area (Å²) in [5.74, 6) is -2.06. The number of carbonyl (C=O) groups excluding carboxylic acids is 2. The molecule has 0 aliphatic heterocycles. The first kappa shape index (κ1) is 25.8. The first-order valence-corrected chi connectivity index (χ1v) is 12.6. The standard InChI is InChI=1S/C30H29N5O4/c1-30(2,3)27(29(39)33-20-8-13-32-14-9-20)34-28(38)24(17-25(36)37)35-15-10-22-21-5-4-19(26(22)35)16-23(21)18-6-11-31-12-7-18/h4-16,24,27H,17H2,1-3H3,(H,34,38)(H,36,37)(H,32,33,39). The van der Waals surface area contributed by atoms with Crippen LogP contribution in [0.2, 0.25) is 0 Å². The largest absolute Gasteiger partial charge is 0.481 e. The van der Waals surface area contributed by atoms with Crippen molar-refractivity contribution in [1.29, 1.82) is 0 Å². The molecular weight excluding hydrogens is 494 g/mol. The summed E-state index contributed by atoms with van der Waals surface area (Å²) < 4.78 is 1.71. The summed E-state index contributed by atoms with van der Waals surface area (Å²) >= 11 is 0. The number of hydrogen-bond acceptors (Lipinski definition) is 5. The number of nitrogens with zero attached hydrogens (tertiary/aromatic N) is 3. The number of carboxylic acids is 1. The Bertz CT molecular complexity index is 1640. The number of aromatic nitrogens is 3. The number of carbonyl (C=O) groups is 3. The smallest absolute Gasteiger partial charge is 0.306 e. The summed E-state index contributed by atoms with van der Waals surface area (Å²) in [6, 6.07) is 13.2. The van der Waals surface area contributed by atoms with Crippen LogP contribution < -0.4 is 10.6 Å². The lowest BCUT2D eigenvalue weighted by Crippen LogP contribution is -2.53. The van der Waals surface area contributed by atoms with Gasteiger partial charge in [-0.3, -0.25) is 24.4 Å². The van der Waals surface area contributed by atoms with Gasteiger partial charge in [-0.1, -0.05) is 32.9 Å². The first-order chi connectivity index (χ1) is 18.6. The van der Waals surface area contributed by atoms with E-state index >= 15 is 0 Å². The van der Waals surface area contributed by atoms with Gasteiger partial charge in [-0.05, 0) is 63.7 Å². The maximum atomic E-state index is 13.7. The lowest BCUT2D eigenvalue weighted by molar-refractivity contribution is -0.141. The van der Waals surface area contributed by atoms with Gasteiger partial charge < -0.3 is 20.3 Å². The van der Waals surface area contributed by atoms with Crippen molar-refractivity contribution < 1.29 is 19.5 Å². The molecule has 3 aromatic carbocycles. The van der Waals surface area contributed by atoms with Crippen LogP contribution in [-0.2, 0) is 14.4 Å². The van der Waals surface area contributed by atoms with E-state index in [0.717, 1.165) is 32.8 Å². The Morgan fingerprint density at radius 2 is 1.56 bits per heavy atom. The summed E-state index contributed by atoms with van der Waals surface area (Å²) in [5.41, 5.74) is 2.74. The molecule has 2 amide bonds. The molecule has 3 N–H and O–H groups in total. The zero-order chi connectivity index (χ0) is 27.7. The molecule has 198 valence electrons. The van der Waals surface area contributed by atoms with E-state index in [0.29, 0.717) is 5.69 Å². The molecule has 0 fully saturated rings. The molecule has 0 spiro atoms. The number of hydrogen-bond donors (Lipinski definition) is 3. The van der Waals surface area contributed by atoms with Crippen LogP contribution in [-0.4, -0.2) is 43.5 Å². The molecule has 0 radical (unpaired) electrons. The Balaban J connectivity index is 1.50. The molecule has 0 aliphatic rings. The van der Waals surface area contributed by atoms with Crippen LogP contribution in [0.5, 0.6) is 0 Å². The number of amides is 2. The van der Waals surface area contributed by atoms with Gasteiger partial charge in [-0.25, -0.2) is 0 Å². The van der Waals surface area contributed by atoms with Gasteiger partial charge in [-0.15, -0.1) is 0 Å². The van der Waals surface area contributed by atoms with Crippen molar-refractivity contribution in [3.63, 3.8) is 0 Å². The number of rotatable bonds is 8. The van der Waals surface area contributed by atoms with Crippen LogP contribution in [0.25, 0.3) is 32.8 Å². The van der Waals surface area contributed by atoms with E-state index in [1.54, 1.807) is 47.7 Å². The molecule has 0 aliphatic carbocycles. The number of anilines is 1. The van der Waals surface area contributed by atoms with Gasteiger partial charge in [0.1, 0.15) is 12.1 Å². The third kappa shape index (κ3) is 5.16. The number of nitrogens with one attached hydrogen (secondary N) is 2. The van der Waals surface area contributed by atoms with Gasteiger partial charge in [0.15, 0.2) is 0 Å². The highest BCUT2D eigenvalue weighted by Gasteiger charge is 2.36. The fourth-order valence-electron chi connectivity index (χ4n) is 4.97. The molecule has 39 heavy (non-hydrogen) atoms. The second kappa shape index (κ2) is 10.2. The second-order valence-corrected chi connectivity index (χ2v) is 10.6. The summed E-state index contributed by atoms with van der Waals surface area (Å²) in [6.07, 6.45) is 7.90. The highest BCUT2D eigenvalue weighted by molar-refractivity contribution is 6.15. The number of benzene rings is 3. The lowest BCUT2D eigenvalue weighted by atomic mass is 9.85. The minimum atomic E-state index is -1.12. The first-order valence-electron chi connectivity index (χ1n) is 12.6. The predicted octanol–water partition coefficient (Wildman–Crippen LogP) is 4.87. The Labute approximate surface area is 225 Å². The molecule has 3 aromatic heterocycles. The minimum Gasteiger partial charge on any atom is -0.481 e. The van der Waals surface area contributed by atoms with Crippen LogP contribution in [0.1, 0.15) is 33.2 Å². The molecule has 0 saturated heterocycles. The fourth-order valence-corrected chi connectivity index (χ4v) is 4.97. The predicted molar refractivity (Wildman–Crippen MR) is 149 cm³/mol.